The van der Waals surface area contributed by atoms with Crippen LogP contribution in [0.5, 0.6) is 0 Å². The maximum absolute atomic E-state index is 3.51. The van der Waals surface area contributed by atoms with Crippen LogP contribution in [0.15, 0.2) is 34.7 Å². The van der Waals surface area contributed by atoms with E-state index >= 15 is 0 Å². The summed E-state index contributed by atoms with van der Waals surface area (Å²) in [7, 11) is -2.95. The topological polar surface area (TPSA) is 6.48 Å². The van der Waals surface area contributed by atoms with Crippen LogP contribution in [0.2, 0.25) is 26.2 Å². The summed E-state index contributed by atoms with van der Waals surface area (Å²) >= 11 is 0. The van der Waals surface area contributed by atoms with E-state index in [0.29, 0.717) is 24.2 Å². The Balaban J connectivity index is -0.000000500. The molecule has 7 heteroatoms. The van der Waals surface area contributed by atoms with Gasteiger partial charge in [0.15, 0.2) is 0 Å². The molecule has 0 aromatic carbocycles. The number of allylic oxidation sites excluding steroid dienone is 8. The third kappa shape index (κ3) is 9.90. The largest absolute Gasteiger partial charge is 0.318 e. The molecule has 0 unspecified atom stereocenters. The van der Waals surface area contributed by atoms with Crippen molar-refractivity contribution in [2.45, 2.75) is 119 Å². The third-order valence-electron chi connectivity index (χ3n) is 6.22. The second-order valence-corrected chi connectivity index (χ2v) is 19.0. The molecule has 0 bridgehead atoms. The van der Waals surface area contributed by atoms with Crippen LogP contribution in [0, 0.1) is 12.2 Å². The van der Waals surface area contributed by atoms with Crippen molar-refractivity contribution >= 4 is 16.5 Å². The van der Waals surface area contributed by atoms with Gasteiger partial charge in [-0.25, -0.2) is 22.5 Å². The van der Waals surface area contributed by atoms with Gasteiger partial charge in [0.25, 0.3) is 0 Å². The molecule has 192 valence electrons. The molecule has 0 atom stereocenters. The monoisotopic (exact) mass is 664 g/mol. The van der Waals surface area contributed by atoms with Gasteiger partial charge in [-0.15, -0.1) is 12.8 Å². The van der Waals surface area contributed by atoms with Crippen LogP contribution < -0.4 is 0 Å². The standard InChI is InChI=1S/2C13H24NSi.2FH.Hf/c2*1-11(2)14(12(3)4)15(5,6)13-9-7-8-10-13;;;/h2*7,9,11-12H,8H2,1-6H3;2*1H;/q2*-1;;;. The van der Waals surface area contributed by atoms with Gasteiger partial charge in [0, 0.05) is 25.8 Å². The van der Waals surface area contributed by atoms with Crippen LogP contribution in [0.25, 0.3) is 0 Å². The zero-order valence-corrected chi connectivity index (χ0v) is 28.8. The smallest absolute Gasteiger partial charge is 0.118 e. The van der Waals surface area contributed by atoms with Gasteiger partial charge in [-0.05, 0) is 24.2 Å². The molecule has 0 aromatic rings. The van der Waals surface area contributed by atoms with Crippen molar-refractivity contribution in [2.24, 2.45) is 0 Å². The van der Waals surface area contributed by atoms with E-state index in [2.05, 4.69) is 127 Å². The first kappa shape index (κ1) is 37.6. The average molecular weight is 663 g/mol. The molecule has 0 aliphatic heterocycles. The molecule has 0 N–H and O–H groups in total. The molecule has 0 heterocycles. The number of hydrogen-bond donors (Lipinski definition) is 0. The molecule has 2 rings (SSSR count). The van der Waals surface area contributed by atoms with Gasteiger partial charge < -0.3 is 9.13 Å². The SMILES string of the molecule is CC(C)N(C(C)C)[Si](C)(C)C1=[C-]CC=C1.CC(C)N(C(C)C)[Si](C)(C)C1=[C-]CC=C1.F.F.[Hf]. The van der Waals surface area contributed by atoms with E-state index in [9.17, 15) is 0 Å². The number of rotatable bonds is 8. The maximum Gasteiger partial charge on any atom is 0.118 e. The summed E-state index contributed by atoms with van der Waals surface area (Å²) in [6.45, 7) is 28.1. The summed E-state index contributed by atoms with van der Waals surface area (Å²) < 4.78 is 5.37. The van der Waals surface area contributed by atoms with Gasteiger partial charge >= 0.3 is 0 Å². The van der Waals surface area contributed by atoms with E-state index in [1.807, 2.05) is 0 Å². The number of hydrogen-bond acceptors (Lipinski definition) is 2. The van der Waals surface area contributed by atoms with Crippen LogP contribution >= 0.6 is 0 Å². The Morgan fingerprint density at radius 3 is 1.00 bits per heavy atom. The van der Waals surface area contributed by atoms with Gasteiger partial charge in [-0.2, -0.15) is 12.2 Å². The predicted octanol–water partition coefficient (Wildman–Crippen LogP) is 7.38. The van der Waals surface area contributed by atoms with Gasteiger partial charge in [0.1, 0.15) is 16.5 Å². The van der Waals surface area contributed by atoms with Crippen molar-refractivity contribution in [3.05, 3.63) is 46.8 Å². The first-order valence-corrected chi connectivity index (χ1v) is 17.8. The maximum atomic E-state index is 3.51. The van der Waals surface area contributed by atoms with Crippen molar-refractivity contribution in [3.63, 3.8) is 0 Å². The molecule has 33 heavy (non-hydrogen) atoms. The van der Waals surface area contributed by atoms with Crippen molar-refractivity contribution in [1.29, 1.82) is 0 Å². The summed E-state index contributed by atoms with van der Waals surface area (Å²) in [6, 6.07) is 2.48. The van der Waals surface area contributed by atoms with Crippen LogP contribution in [0.4, 0.5) is 9.41 Å². The Hall–Kier alpha value is 0.0439. The van der Waals surface area contributed by atoms with Crippen LogP contribution in [-0.2, 0) is 25.8 Å². The first-order chi connectivity index (χ1) is 13.7. The molecule has 0 spiro atoms. The minimum atomic E-state index is -1.47. The molecule has 0 saturated heterocycles. The van der Waals surface area contributed by atoms with Crippen LogP contribution in [-0.4, -0.2) is 49.8 Å². The Bertz CT molecular complexity index is 608. The molecular formula is C26H50F2HfN2Si2-2. The van der Waals surface area contributed by atoms with Crippen molar-refractivity contribution in [1.82, 2.24) is 9.13 Å². The van der Waals surface area contributed by atoms with Crippen LogP contribution in [0.1, 0.15) is 68.2 Å². The molecule has 2 aliphatic carbocycles. The Kier molecular flexibility index (Phi) is 18.1. The minimum Gasteiger partial charge on any atom is -0.318 e. The van der Waals surface area contributed by atoms with Gasteiger partial charge in [0.2, 0.25) is 0 Å². The van der Waals surface area contributed by atoms with Crippen molar-refractivity contribution in [2.75, 3.05) is 0 Å². The third-order valence-corrected chi connectivity index (χ3v) is 14.2. The van der Waals surface area contributed by atoms with E-state index in [4.69, 9.17) is 0 Å². The minimum absolute atomic E-state index is 0. The van der Waals surface area contributed by atoms with E-state index in [1.165, 1.54) is 10.4 Å². The van der Waals surface area contributed by atoms with Gasteiger partial charge in [-0.3, -0.25) is 21.6 Å². The van der Waals surface area contributed by atoms with E-state index < -0.39 is 16.5 Å². The van der Waals surface area contributed by atoms with Gasteiger partial charge in [0.05, 0.1) is 0 Å². The van der Waals surface area contributed by atoms with Crippen molar-refractivity contribution < 1.29 is 35.3 Å². The van der Waals surface area contributed by atoms with Crippen LogP contribution in [0.3, 0.4) is 0 Å². The molecule has 0 radical (unpaired) electrons. The summed E-state index contributed by atoms with van der Waals surface area (Å²) in [6.07, 6.45) is 18.1. The molecule has 0 fully saturated rings. The number of halogens is 2. The molecule has 2 aliphatic rings. The fraction of sp³-hybridized carbons (Fsp3) is 0.692. The zero-order valence-electron chi connectivity index (χ0n) is 23.2. The normalized spacial score (nSPS) is 15.5. The number of nitrogens with zero attached hydrogens (tertiary/aromatic N) is 2. The fourth-order valence-electron chi connectivity index (χ4n) is 5.70. The summed E-state index contributed by atoms with van der Waals surface area (Å²) in [5, 5.41) is 2.95. The second-order valence-electron chi connectivity index (χ2n) is 10.7. The Morgan fingerprint density at radius 2 is 0.848 bits per heavy atom. The average Bonchev–Trinajstić information content (AvgIpc) is 3.28. The molecule has 2 nitrogen and oxygen atoms in total. The molecule has 0 saturated carbocycles. The van der Waals surface area contributed by atoms with E-state index in [0.717, 1.165) is 12.8 Å². The molecule has 0 amide bonds. The summed E-state index contributed by atoms with van der Waals surface area (Å²) in [5.74, 6) is 0. The zero-order chi connectivity index (χ0) is 23.3. The predicted molar refractivity (Wildman–Crippen MR) is 145 cm³/mol. The second kappa shape index (κ2) is 15.9. The fourth-order valence-corrected chi connectivity index (χ4v) is 13.5. The van der Waals surface area contributed by atoms with Gasteiger partial charge in [-0.1, -0.05) is 81.6 Å². The van der Waals surface area contributed by atoms with E-state index in [-0.39, 0.29) is 35.3 Å². The Labute approximate surface area is 225 Å². The molecule has 0 aromatic heterocycles. The first-order valence-electron chi connectivity index (χ1n) is 11.9. The van der Waals surface area contributed by atoms with E-state index in [1.54, 1.807) is 0 Å². The van der Waals surface area contributed by atoms with Crippen molar-refractivity contribution in [3.8, 4) is 0 Å². The quantitative estimate of drug-likeness (QED) is 0.198. The summed E-state index contributed by atoms with van der Waals surface area (Å²) in [5.41, 5.74) is 0. The molecular weight excluding hydrogens is 613 g/mol. The summed E-state index contributed by atoms with van der Waals surface area (Å²) in [4.78, 5) is 0. The Morgan fingerprint density at radius 1 is 0.606 bits per heavy atom.